The van der Waals surface area contributed by atoms with Crippen molar-refractivity contribution in [2.45, 2.75) is 31.9 Å². The predicted molar refractivity (Wildman–Crippen MR) is 134 cm³/mol. The molecule has 36 heavy (non-hydrogen) atoms. The van der Waals surface area contributed by atoms with Crippen molar-refractivity contribution >= 4 is 24.1 Å². The molecule has 188 valence electrons. The van der Waals surface area contributed by atoms with Crippen molar-refractivity contribution in [1.82, 2.24) is 25.2 Å². The third kappa shape index (κ3) is 4.75. The molecule has 1 amide bonds. The molecule has 0 radical (unpaired) electrons. The Hall–Kier alpha value is -4.32. The molecule has 3 N–H and O–H groups in total. The molecule has 1 saturated carbocycles. The average molecular weight is 495 g/mol. The molecule has 0 bridgehead atoms. The largest absolute Gasteiger partial charge is 0.379 e. The van der Waals surface area contributed by atoms with Gasteiger partial charge in [0.15, 0.2) is 17.5 Å². The van der Waals surface area contributed by atoms with Gasteiger partial charge in [-0.25, -0.2) is 9.37 Å². The first-order chi connectivity index (χ1) is 17.4. The predicted octanol–water partition coefficient (Wildman–Crippen LogP) is 1.70. The Morgan fingerprint density at radius 2 is 2.14 bits per heavy atom. The van der Waals surface area contributed by atoms with E-state index in [9.17, 15) is 14.0 Å². The van der Waals surface area contributed by atoms with E-state index >= 15 is 0 Å². The van der Waals surface area contributed by atoms with Crippen molar-refractivity contribution in [2.75, 3.05) is 19.5 Å². The molecular weight excluding hydrogens is 467 g/mol. The Balaban J connectivity index is 1.64. The van der Waals surface area contributed by atoms with E-state index in [1.807, 2.05) is 0 Å². The Bertz CT molecular complexity index is 1330. The number of ether oxygens (including phenoxy) is 1. The lowest BCUT2D eigenvalue weighted by Crippen LogP contribution is -2.52. The molecule has 2 aliphatic rings. The van der Waals surface area contributed by atoms with Crippen LogP contribution in [0.15, 0.2) is 74.8 Å². The third-order valence-corrected chi connectivity index (χ3v) is 6.04. The van der Waals surface area contributed by atoms with E-state index in [1.54, 1.807) is 39.3 Å². The van der Waals surface area contributed by atoms with Gasteiger partial charge in [-0.3, -0.25) is 19.1 Å². The van der Waals surface area contributed by atoms with E-state index in [2.05, 4.69) is 37.7 Å². The van der Waals surface area contributed by atoms with Crippen LogP contribution < -0.4 is 21.5 Å². The van der Waals surface area contributed by atoms with Crippen molar-refractivity contribution in [3.63, 3.8) is 0 Å². The van der Waals surface area contributed by atoms with Crippen molar-refractivity contribution in [1.29, 1.82) is 0 Å². The highest BCUT2D eigenvalue weighted by atomic mass is 19.1. The van der Waals surface area contributed by atoms with Gasteiger partial charge in [0.2, 0.25) is 0 Å². The van der Waals surface area contributed by atoms with Gasteiger partial charge in [0.25, 0.3) is 11.5 Å². The summed E-state index contributed by atoms with van der Waals surface area (Å²) in [6.45, 7) is 5.23. The summed E-state index contributed by atoms with van der Waals surface area (Å²) in [4.78, 5) is 34.3. The minimum Gasteiger partial charge on any atom is -0.379 e. The van der Waals surface area contributed by atoms with E-state index in [1.165, 1.54) is 29.5 Å². The number of nitrogens with zero attached hydrogens (tertiary/aromatic N) is 5. The summed E-state index contributed by atoms with van der Waals surface area (Å²) in [5, 5.41) is 14.4. The maximum Gasteiger partial charge on any atom is 0.280 e. The number of halogens is 1. The second-order valence-corrected chi connectivity index (χ2v) is 8.15. The SMILES string of the molecule is C=NN1C(=NC)C=C(Nc2cccn(-c3ncccc3F)c2=O)N/C1=C(/C)C(=O)N[C@@H]1CC[C@H]1OC. The lowest BCUT2D eigenvalue weighted by atomic mass is 9.89. The van der Waals surface area contributed by atoms with Crippen LogP contribution in [-0.4, -0.2) is 59.3 Å². The fourth-order valence-electron chi connectivity index (χ4n) is 3.90. The van der Waals surface area contributed by atoms with Crippen LogP contribution in [0.3, 0.4) is 0 Å². The first-order valence-electron chi connectivity index (χ1n) is 11.2. The highest BCUT2D eigenvalue weighted by Crippen LogP contribution is 2.24. The standard InChI is InChI=1S/C24H27FN8O3/c1-14(23(34)30-16-9-10-18(16)36-4)21-31-19(13-20(26-2)33(21)27-3)29-17-8-6-12-32(24(17)35)22-15(25)7-5-11-28-22/h5-8,11-13,16,18,29,31H,3,9-10H2,1-2,4H3,(H,30,34)/b21-14+,26-20?/t16-,18-/m1/s1. The zero-order valence-corrected chi connectivity index (χ0v) is 20.2. The van der Waals surface area contributed by atoms with Gasteiger partial charge < -0.3 is 20.7 Å². The van der Waals surface area contributed by atoms with Gasteiger partial charge in [-0.1, -0.05) is 0 Å². The molecule has 11 nitrogen and oxygen atoms in total. The summed E-state index contributed by atoms with van der Waals surface area (Å²) < 4.78 is 20.7. The highest BCUT2D eigenvalue weighted by Gasteiger charge is 2.33. The Morgan fingerprint density at radius 1 is 1.33 bits per heavy atom. The smallest absolute Gasteiger partial charge is 0.280 e. The molecule has 0 unspecified atom stereocenters. The molecule has 1 aliphatic carbocycles. The van der Waals surface area contributed by atoms with Gasteiger partial charge in [-0.2, -0.15) is 10.1 Å². The zero-order chi connectivity index (χ0) is 25.8. The second kappa shape index (κ2) is 10.5. The van der Waals surface area contributed by atoms with Crippen molar-refractivity contribution < 1.29 is 13.9 Å². The van der Waals surface area contributed by atoms with Crippen LogP contribution in [0.25, 0.3) is 5.82 Å². The number of aliphatic imine (C=N–C) groups is 1. The average Bonchev–Trinajstić information content (AvgIpc) is 2.87. The first kappa shape index (κ1) is 24.8. The molecule has 0 saturated heterocycles. The quantitative estimate of drug-likeness (QED) is 0.395. The summed E-state index contributed by atoms with van der Waals surface area (Å²) in [6.07, 6.45) is 6.13. The minimum absolute atomic E-state index is 0.0196. The van der Waals surface area contributed by atoms with Gasteiger partial charge in [0.1, 0.15) is 17.3 Å². The summed E-state index contributed by atoms with van der Waals surface area (Å²) >= 11 is 0. The van der Waals surface area contributed by atoms with Gasteiger partial charge in [0, 0.05) is 39.3 Å². The van der Waals surface area contributed by atoms with Crippen molar-refractivity contribution in [3.05, 3.63) is 76.1 Å². The summed E-state index contributed by atoms with van der Waals surface area (Å²) in [5.74, 6) is -0.0103. The molecule has 4 rings (SSSR count). The van der Waals surface area contributed by atoms with E-state index in [0.717, 1.165) is 17.4 Å². The lowest BCUT2D eigenvalue weighted by Gasteiger charge is -2.36. The van der Waals surface area contributed by atoms with Crippen LogP contribution in [0.2, 0.25) is 0 Å². The molecule has 12 heteroatoms. The van der Waals surface area contributed by atoms with Gasteiger partial charge >= 0.3 is 0 Å². The molecule has 1 fully saturated rings. The Kier molecular flexibility index (Phi) is 7.25. The molecule has 2 aromatic rings. The number of carbonyl (C=O) groups is 1. The van der Waals surface area contributed by atoms with Gasteiger partial charge in [-0.05, 0) is 44.0 Å². The number of pyridine rings is 2. The van der Waals surface area contributed by atoms with E-state index in [0.29, 0.717) is 23.1 Å². The Labute approximate surface area is 207 Å². The fourth-order valence-corrected chi connectivity index (χ4v) is 3.90. The molecule has 1 aliphatic heterocycles. The number of nitrogens with one attached hydrogen (secondary N) is 3. The molecule has 0 aromatic carbocycles. The van der Waals surface area contributed by atoms with Crippen molar-refractivity contribution in [3.8, 4) is 5.82 Å². The maximum absolute atomic E-state index is 14.3. The first-order valence-corrected chi connectivity index (χ1v) is 11.2. The van der Waals surface area contributed by atoms with Gasteiger partial charge in [-0.15, -0.1) is 0 Å². The van der Waals surface area contributed by atoms with Crippen LogP contribution >= 0.6 is 0 Å². The number of methoxy groups -OCH3 is 1. The maximum atomic E-state index is 14.3. The number of amides is 1. The third-order valence-electron chi connectivity index (χ3n) is 6.04. The van der Waals surface area contributed by atoms with Crippen LogP contribution in [0.4, 0.5) is 10.1 Å². The van der Waals surface area contributed by atoms with E-state index in [4.69, 9.17) is 4.74 Å². The molecule has 0 spiro atoms. The number of rotatable bonds is 7. The lowest BCUT2D eigenvalue weighted by molar-refractivity contribution is -0.120. The fraction of sp³-hybridized carbons (Fsp3) is 0.292. The molecular formula is C24H27FN8O3. The summed E-state index contributed by atoms with van der Waals surface area (Å²) in [6, 6.07) is 5.74. The number of anilines is 1. The summed E-state index contributed by atoms with van der Waals surface area (Å²) in [7, 11) is 3.18. The second-order valence-electron chi connectivity index (χ2n) is 8.15. The molecule has 2 aromatic heterocycles. The molecule has 3 heterocycles. The normalized spacial score (nSPS) is 21.7. The van der Waals surface area contributed by atoms with E-state index in [-0.39, 0.29) is 29.6 Å². The van der Waals surface area contributed by atoms with Crippen LogP contribution in [0.5, 0.6) is 0 Å². The number of hydrogen-bond donors (Lipinski definition) is 3. The highest BCUT2D eigenvalue weighted by molar-refractivity contribution is 5.99. The molecule has 2 atom stereocenters. The summed E-state index contributed by atoms with van der Waals surface area (Å²) in [5.41, 5.74) is -0.0398. The van der Waals surface area contributed by atoms with Crippen molar-refractivity contribution in [2.24, 2.45) is 10.1 Å². The number of amidine groups is 1. The monoisotopic (exact) mass is 494 g/mol. The zero-order valence-electron chi connectivity index (χ0n) is 20.2. The van der Waals surface area contributed by atoms with Crippen LogP contribution in [0, 0.1) is 5.82 Å². The Morgan fingerprint density at radius 3 is 2.78 bits per heavy atom. The van der Waals surface area contributed by atoms with Gasteiger partial charge in [0.05, 0.1) is 17.7 Å². The van der Waals surface area contributed by atoms with Crippen LogP contribution in [0.1, 0.15) is 19.8 Å². The number of carbonyl (C=O) groups excluding carboxylic acids is 1. The van der Waals surface area contributed by atoms with Crippen LogP contribution in [-0.2, 0) is 9.53 Å². The number of hydrazone groups is 1. The minimum atomic E-state index is -0.631. The number of hydrogen-bond acceptors (Lipinski definition) is 8. The number of aromatic nitrogens is 2. The van der Waals surface area contributed by atoms with E-state index < -0.39 is 11.4 Å². The topological polar surface area (TPSA) is 125 Å².